The van der Waals surface area contributed by atoms with Crippen LogP contribution in [0.3, 0.4) is 0 Å². The summed E-state index contributed by atoms with van der Waals surface area (Å²) in [5.74, 6) is 5.77. The summed E-state index contributed by atoms with van der Waals surface area (Å²) < 4.78 is 5.31. The Morgan fingerprint density at radius 2 is 2.50 bits per heavy atom. The van der Waals surface area contributed by atoms with Crippen LogP contribution in [0.2, 0.25) is 0 Å². The monoisotopic (exact) mass is 250 g/mol. The van der Waals surface area contributed by atoms with Crippen molar-refractivity contribution in [1.29, 1.82) is 0 Å². The number of pyridine rings is 1. The Morgan fingerprint density at radius 3 is 3.22 bits per heavy atom. The van der Waals surface area contributed by atoms with Crippen molar-refractivity contribution in [2.75, 3.05) is 25.6 Å². The van der Waals surface area contributed by atoms with Crippen molar-refractivity contribution in [2.24, 2.45) is 5.84 Å². The second-order valence-corrected chi connectivity index (χ2v) is 4.33. The lowest BCUT2D eigenvalue weighted by atomic mass is 10.1. The number of nitrogens with one attached hydrogen (secondary N) is 1. The summed E-state index contributed by atoms with van der Waals surface area (Å²) in [4.78, 5) is 18.1. The van der Waals surface area contributed by atoms with Crippen molar-refractivity contribution < 1.29 is 9.53 Å². The lowest BCUT2D eigenvalue weighted by Crippen LogP contribution is -2.42. The molecule has 18 heavy (non-hydrogen) atoms. The predicted molar refractivity (Wildman–Crippen MR) is 68.0 cm³/mol. The van der Waals surface area contributed by atoms with Gasteiger partial charge in [-0.3, -0.25) is 4.79 Å². The molecule has 1 amide bonds. The van der Waals surface area contributed by atoms with E-state index in [2.05, 4.69) is 10.4 Å². The number of nitrogens with zero attached hydrogens (tertiary/aromatic N) is 2. The maximum atomic E-state index is 12.3. The van der Waals surface area contributed by atoms with Gasteiger partial charge < -0.3 is 15.1 Å². The van der Waals surface area contributed by atoms with Crippen molar-refractivity contribution >= 4 is 11.7 Å². The molecule has 1 atom stereocenters. The van der Waals surface area contributed by atoms with Crippen LogP contribution in [-0.4, -0.2) is 42.1 Å². The number of hydrogen-bond donors (Lipinski definition) is 2. The number of ether oxygens (including phenoxy) is 1. The van der Waals surface area contributed by atoms with Crippen LogP contribution in [0.1, 0.15) is 23.2 Å². The summed E-state index contributed by atoms with van der Waals surface area (Å²) in [7, 11) is 1.68. The summed E-state index contributed by atoms with van der Waals surface area (Å²) in [6.07, 6.45) is 3.68. The highest BCUT2D eigenvalue weighted by Crippen LogP contribution is 2.16. The van der Waals surface area contributed by atoms with E-state index >= 15 is 0 Å². The molecule has 2 heterocycles. The molecule has 1 unspecified atom stereocenters. The van der Waals surface area contributed by atoms with Gasteiger partial charge in [0.2, 0.25) is 0 Å². The average Bonchev–Trinajstić information content (AvgIpc) is 2.46. The molecule has 0 saturated carbocycles. The summed E-state index contributed by atoms with van der Waals surface area (Å²) in [5.41, 5.74) is 3.03. The number of piperidine rings is 1. The van der Waals surface area contributed by atoms with E-state index in [0.717, 1.165) is 19.4 Å². The van der Waals surface area contributed by atoms with Crippen molar-refractivity contribution in [3.8, 4) is 0 Å². The van der Waals surface area contributed by atoms with E-state index in [-0.39, 0.29) is 12.0 Å². The van der Waals surface area contributed by atoms with Gasteiger partial charge in [0.05, 0.1) is 6.10 Å². The van der Waals surface area contributed by atoms with E-state index in [1.54, 1.807) is 25.4 Å². The topological polar surface area (TPSA) is 80.5 Å². The van der Waals surface area contributed by atoms with E-state index in [4.69, 9.17) is 10.6 Å². The smallest absolute Gasteiger partial charge is 0.254 e. The Hall–Kier alpha value is -1.66. The molecule has 1 aromatic heterocycles. The summed E-state index contributed by atoms with van der Waals surface area (Å²) >= 11 is 0. The molecule has 0 spiro atoms. The third-order valence-corrected chi connectivity index (χ3v) is 3.15. The molecule has 1 aliphatic rings. The van der Waals surface area contributed by atoms with Crippen LogP contribution >= 0.6 is 0 Å². The van der Waals surface area contributed by atoms with Gasteiger partial charge in [-0.1, -0.05) is 0 Å². The number of carbonyl (C=O) groups excluding carboxylic acids is 1. The molecule has 1 aromatic rings. The molecule has 0 radical (unpaired) electrons. The fraction of sp³-hybridized carbons (Fsp3) is 0.500. The number of amides is 1. The van der Waals surface area contributed by atoms with Gasteiger partial charge in [-0.05, 0) is 25.0 Å². The molecule has 0 aliphatic carbocycles. The number of rotatable bonds is 3. The fourth-order valence-corrected chi connectivity index (χ4v) is 2.14. The quantitative estimate of drug-likeness (QED) is 0.607. The van der Waals surface area contributed by atoms with Gasteiger partial charge in [0.25, 0.3) is 5.91 Å². The standard InChI is InChI=1S/C12H18N4O2/c1-18-10-3-2-6-16(8-10)12(17)9-4-5-14-11(7-9)15-13/h4-5,7,10H,2-3,6,8,13H2,1H3,(H,14,15). The van der Waals surface area contributed by atoms with Crippen LogP contribution in [-0.2, 0) is 4.74 Å². The summed E-state index contributed by atoms with van der Waals surface area (Å²) in [6.45, 7) is 1.41. The maximum absolute atomic E-state index is 12.3. The minimum absolute atomic E-state index is 0.00403. The van der Waals surface area contributed by atoms with Gasteiger partial charge in [0.15, 0.2) is 0 Å². The SMILES string of the molecule is COC1CCCN(C(=O)c2ccnc(NN)c2)C1. The second kappa shape index (κ2) is 5.79. The minimum atomic E-state index is -0.00403. The Bertz CT molecular complexity index is 424. The Morgan fingerprint density at radius 1 is 1.67 bits per heavy atom. The third-order valence-electron chi connectivity index (χ3n) is 3.15. The predicted octanol–water partition coefficient (Wildman–Crippen LogP) is 0.618. The first-order valence-corrected chi connectivity index (χ1v) is 5.99. The second-order valence-electron chi connectivity index (χ2n) is 4.33. The number of aromatic nitrogens is 1. The lowest BCUT2D eigenvalue weighted by Gasteiger charge is -2.32. The number of carbonyl (C=O) groups is 1. The summed E-state index contributed by atoms with van der Waals surface area (Å²) in [5, 5.41) is 0. The van der Waals surface area contributed by atoms with Crippen molar-refractivity contribution in [2.45, 2.75) is 18.9 Å². The number of hydrazine groups is 1. The fourth-order valence-electron chi connectivity index (χ4n) is 2.14. The first kappa shape index (κ1) is 12.8. The molecular weight excluding hydrogens is 232 g/mol. The molecule has 1 aliphatic heterocycles. The molecule has 6 nitrogen and oxygen atoms in total. The zero-order valence-corrected chi connectivity index (χ0v) is 10.4. The van der Waals surface area contributed by atoms with E-state index < -0.39 is 0 Å². The summed E-state index contributed by atoms with van der Waals surface area (Å²) in [6, 6.07) is 3.35. The van der Waals surface area contributed by atoms with Gasteiger partial charge in [-0.15, -0.1) is 0 Å². The molecular formula is C12H18N4O2. The molecule has 98 valence electrons. The average molecular weight is 250 g/mol. The highest BCUT2D eigenvalue weighted by atomic mass is 16.5. The van der Waals surface area contributed by atoms with Gasteiger partial charge in [0, 0.05) is 32.0 Å². The van der Waals surface area contributed by atoms with Crippen LogP contribution in [0.15, 0.2) is 18.3 Å². The first-order valence-electron chi connectivity index (χ1n) is 5.99. The zero-order valence-electron chi connectivity index (χ0n) is 10.4. The number of anilines is 1. The first-order chi connectivity index (χ1) is 8.74. The van der Waals surface area contributed by atoms with Gasteiger partial charge >= 0.3 is 0 Å². The largest absolute Gasteiger partial charge is 0.380 e. The van der Waals surface area contributed by atoms with Crippen LogP contribution < -0.4 is 11.3 Å². The van der Waals surface area contributed by atoms with Gasteiger partial charge in [-0.25, -0.2) is 10.8 Å². The number of methoxy groups -OCH3 is 1. The number of nitrogen functional groups attached to an aromatic ring is 1. The van der Waals surface area contributed by atoms with Crippen molar-refractivity contribution in [3.63, 3.8) is 0 Å². The molecule has 0 bridgehead atoms. The molecule has 1 fully saturated rings. The van der Waals surface area contributed by atoms with E-state index in [1.165, 1.54) is 0 Å². The van der Waals surface area contributed by atoms with Gasteiger partial charge in [-0.2, -0.15) is 0 Å². The van der Waals surface area contributed by atoms with E-state index in [9.17, 15) is 4.79 Å². The van der Waals surface area contributed by atoms with Crippen LogP contribution in [0.25, 0.3) is 0 Å². The Balaban J connectivity index is 2.10. The van der Waals surface area contributed by atoms with Crippen molar-refractivity contribution in [1.82, 2.24) is 9.88 Å². The number of nitrogens with two attached hydrogens (primary N) is 1. The van der Waals surface area contributed by atoms with Crippen molar-refractivity contribution in [3.05, 3.63) is 23.9 Å². The van der Waals surface area contributed by atoms with Crippen LogP contribution in [0, 0.1) is 0 Å². The van der Waals surface area contributed by atoms with Crippen LogP contribution in [0.4, 0.5) is 5.82 Å². The molecule has 6 heteroatoms. The molecule has 1 saturated heterocycles. The maximum Gasteiger partial charge on any atom is 0.254 e. The Kier molecular flexibility index (Phi) is 4.11. The lowest BCUT2D eigenvalue weighted by molar-refractivity contribution is 0.0269. The van der Waals surface area contributed by atoms with E-state index in [1.807, 2.05) is 4.90 Å². The van der Waals surface area contributed by atoms with Crippen LogP contribution in [0.5, 0.6) is 0 Å². The highest BCUT2D eigenvalue weighted by Gasteiger charge is 2.24. The number of hydrogen-bond acceptors (Lipinski definition) is 5. The molecule has 2 rings (SSSR count). The normalized spacial score (nSPS) is 19.7. The van der Waals surface area contributed by atoms with E-state index in [0.29, 0.717) is 17.9 Å². The highest BCUT2D eigenvalue weighted by molar-refractivity contribution is 5.94. The third kappa shape index (κ3) is 2.77. The van der Waals surface area contributed by atoms with Gasteiger partial charge in [0.1, 0.15) is 5.82 Å². The molecule has 0 aromatic carbocycles. The molecule has 3 N–H and O–H groups in total. The number of likely N-dealkylation sites (tertiary alicyclic amines) is 1. The minimum Gasteiger partial charge on any atom is -0.380 e. The Labute approximate surface area is 106 Å². The zero-order chi connectivity index (χ0) is 13.0.